The number of phenols is 1. The molecule has 2 rings (SSSR count). The van der Waals surface area contributed by atoms with Gasteiger partial charge in [0, 0.05) is 17.2 Å². The summed E-state index contributed by atoms with van der Waals surface area (Å²) >= 11 is 11.8. The molecule has 0 aliphatic rings. The molecule has 2 aromatic rings. The van der Waals surface area contributed by atoms with Crippen molar-refractivity contribution >= 4 is 23.2 Å². The number of halogens is 4. The van der Waals surface area contributed by atoms with Gasteiger partial charge in [0.1, 0.15) is 5.75 Å². The van der Waals surface area contributed by atoms with Crippen LogP contribution in [0.2, 0.25) is 10.0 Å². The minimum absolute atomic E-state index is 0.0551. The quantitative estimate of drug-likeness (QED) is 0.803. The van der Waals surface area contributed by atoms with E-state index in [0.717, 1.165) is 6.07 Å². The van der Waals surface area contributed by atoms with Crippen LogP contribution in [0.15, 0.2) is 30.3 Å². The smallest absolute Gasteiger partial charge is 0.162 e. The van der Waals surface area contributed by atoms with E-state index in [9.17, 15) is 13.9 Å². The molecule has 0 fully saturated rings. The summed E-state index contributed by atoms with van der Waals surface area (Å²) in [7, 11) is 0. The van der Waals surface area contributed by atoms with Crippen LogP contribution in [0.1, 0.15) is 0 Å². The van der Waals surface area contributed by atoms with Gasteiger partial charge in [0.05, 0.1) is 10.0 Å². The molecule has 0 saturated carbocycles. The van der Waals surface area contributed by atoms with Gasteiger partial charge < -0.3 is 5.11 Å². The average molecular weight is 275 g/mol. The molecule has 2 aromatic carbocycles. The first-order valence-corrected chi connectivity index (χ1v) is 5.38. The predicted octanol–water partition coefficient (Wildman–Crippen LogP) is 4.64. The first kappa shape index (κ1) is 12.1. The number of phenolic OH excluding ortho intramolecular Hbond substituents is 1. The Bertz CT molecular complexity index is 565. The molecular formula is C12H6Cl2F2O. The second-order valence-electron chi connectivity index (χ2n) is 3.38. The van der Waals surface area contributed by atoms with E-state index in [1.807, 2.05) is 0 Å². The van der Waals surface area contributed by atoms with E-state index in [-0.39, 0.29) is 21.2 Å². The van der Waals surface area contributed by atoms with Crippen molar-refractivity contribution in [3.8, 4) is 16.9 Å². The Morgan fingerprint density at radius 3 is 2.06 bits per heavy atom. The molecule has 0 unspecified atom stereocenters. The molecular weight excluding hydrogens is 269 g/mol. The Morgan fingerprint density at radius 2 is 1.47 bits per heavy atom. The van der Waals surface area contributed by atoms with E-state index in [4.69, 9.17) is 23.2 Å². The monoisotopic (exact) mass is 274 g/mol. The molecule has 5 heteroatoms. The zero-order chi connectivity index (χ0) is 12.6. The lowest BCUT2D eigenvalue weighted by atomic mass is 10.0. The molecule has 0 atom stereocenters. The average Bonchev–Trinajstić information content (AvgIpc) is 2.25. The molecule has 0 saturated heterocycles. The van der Waals surface area contributed by atoms with E-state index < -0.39 is 17.4 Å². The maximum Gasteiger partial charge on any atom is 0.162 e. The van der Waals surface area contributed by atoms with Crippen molar-refractivity contribution in [1.82, 2.24) is 0 Å². The minimum atomic E-state index is -1.13. The minimum Gasteiger partial charge on any atom is -0.507 e. The molecule has 1 nitrogen and oxygen atoms in total. The second kappa shape index (κ2) is 4.51. The Balaban J connectivity index is 2.73. The van der Waals surface area contributed by atoms with Crippen LogP contribution in [0.5, 0.6) is 5.75 Å². The molecule has 0 amide bonds. The molecule has 0 aromatic heterocycles. The summed E-state index contributed by atoms with van der Waals surface area (Å²) in [5, 5.41) is 10.1. The molecule has 0 heterocycles. The van der Waals surface area contributed by atoms with Gasteiger partial charge in [0.25, 0.3) is 0 Å². The van der Waals surface area contributed by atoms with Gasteiger partial charge >= 0.3 is 0 Å². The van der Waals surface area contributed by atoms with E-state index in [2.05, 4.69) is 0 Å². The first-order chi connectivity index (χ1) is 8.00. The highest BCUT2D eigenvalue weighted by atomic mass is 35.5. The molecule has 17 heavy (non-hydrogen) atoms. The third kappa shape index (κ3) is 2.21. The van der Waals surface area contributed by atoms with Crippen molar-refractivity contribution < 1.29 is 13.9 Å². The highest BCUT2D eigenvalue weighted by Crippen LogP contribution is 2.39. The summed E-state index contributed by atoms with van der Waals surface area (Å²) in [6.07, 6.45) is 0. The molecule has 0 aliphatic heterocycles. The lowest BCUT2D eigenvalue weighted by Crippen LogP contribution is -1.88. The van der Waals surface area contributed by atoms with Crippen molar-refractivity contribution in [3.05, 3.63) is 52.0 Å². The molecule has 0 aliphatic carbocycles. The van der Waals surface area contributed by atoms with Gasteiger partial charge in [-0.05, 0) is 18.2 Å². The SMILES string of the molecule is Oc1cc(F)c(F)cc1-c1c(Cl)cccc1Cl. The fourth-order valence-corrected chi connectivity index (χ4v) is 2.09. The summed E-state index contributed by atoms with van der Waals surface area (Å²) < 4.78 is 26.0. The van der Waals surface area contributed by atoms with E-state index in [0.29, 0.717) is 6.07 Å². The number of benzene rings is 2. The van der Waals surface area contributed by atoms with Crippen molar-refractivity contribution in [2.24, 2.45) is 0 Å². The zero-order valence-electron chi connectivity index (χ0n) is 8.35. The van der Waals surface area contributed by atoms with Gasteiger partial charge in [-0.25, -0.2) is 8.78 Å². The maximum absolute atomic E-state index is 13.1. The summed E-state index contributed by atoms with van der Waals surface area (Å²) in [6, 6.07) is 6.25. The van der Waals surface area contributed by atoms with Gasteiger partial charge in [-0.15, -0.1) is 0 Å². The highest BCUT2D eigenvalue weighted by Gasteiger charge is 2.15. The Kier molecular flexibility index (Phi) is 3.22. The number of aromatic hydroxyl groups is 1. The topological polar surface area (TPSA) is 20.2 Å². The van der Waals surface area contributed by atoms with Gasteiger partial charge in [-0.3, -0.25) is 0 Å². The van der Waals surface area contributed by atoms with E-state index in [1.54, 1.807) is 18.2 Å². The van der Waals surface area contributed by atoms with Gasteiger partial charge in [-0.2, -0.15) is 0 Å². The van der Waals surface area contributed by atoms with Gasteiger partial charge in [-0.1, -0.05) is 29.3 Å². The zero-order valence-corrected chi connectivity index (χ0v) is 9.86. The number of hydrogen-bond acceptors (Lipinski definition) is 1. The van der Waals surface area contributed by atoms with Crippen LogP contribution in [-0.4, -0.2) is 5.11 Å². The fourth-order valence-electron chi connectivity index (χ4n) is 1.49. The first-order valence-electron chi connectivity index (χ1n) is 4.63. The number of rotatable bonds is 1. The van der Waals surface area contributed by atoms with Gasteiger partial charge in [0.2, 0.25) is 0 Å². The lowest BCUT2D eigenvalue weighted by molar-refractivity contribution is 0.457. The van der Waals surface area contributed by atoms with Crippen molar-refractivity contribution in [3.63, 3.8) is 0 Å². The van der Waals surface area contributed by atoms with E-state index in [1.165, 1.54) is 0 Å². The molecule has 0 bridgehead atoms. The summed E-state index contributed by atoms with van der Waals surface area (Å²) in [5.74, 6) is -2.62. The highest BCUT2D eigenvalue weighted by molar-refractivity contribution is 6.39. The third-order valence-electron chi connectivity index (χ3n) is 2.27. The Labute approximate surface area is 106 Å². The second-order valence-corrected chi connectivity index (χ2v) is 4.19. The van der Waals surface area contributed by atoms with Crippen LogP contribution in [0.25, 0.3) is 11.1 Å². The molecule has 88 valence electrons. The van der Waals surface area contributed by atoms with Crippen LogP contribution >= 0.6 is 23.2 Å². The third-order valence-corrected chi connectivity index (χ3v) is 2.90. The van der Waals surface area contributed by atoms with Crippen LogP contribution in [0, 0.1) is 11.6 Å². The molecule has 0 spiro atoms. The van der Waals surface area contributed by atoms with Crippen LogP contribution < -0.4 is 0 Å². The standard InChI is InChI=1S/C12H6Cl2F2O/c13-7-2-1-3-8(14)12(7)6-4-9(15)10(16)5-11(6)17/h1-5,17H. The van der Waals surface area contributed by atoms with Crippen LogP contribution in [0.4, 0.5) is 8.78 Å². The fraction of sp³-hybridized carbons (Fsp3) is 0. The van der Waals surface area contributed by atoms with Crippen molar-refractivity contribution in [2.45, 2.75) is 0 Å². The molecule has 1 N–H and O–H groups in total. The summed E-state index contributed by atoms with van der Waals surface area (Å²) in [6.45, 7) is 0. The maximum atomic E-state index is 13.1. The van der Waals surface area contributed by atoms with Gasteiger partial charge in [0.15, 0.2) is 11.6 Å². The predicted molar refractivity (Wildman–Crippen MR) is 63.5 cm³/mol. The van der Waals surface area contributed by atoms with Crippen molar-refractivity contribution in [1.29, 1.82) is 0 Å². The number of hydrogen-bond donors (Lipinski definition) is 1. The summed E-state index contributed by atoms with van der Waals surface area (Å²) in [5.41, 5.74) is 0.326. The van der Waals surface area contributed by atoms with Crippen molar-refractivity contribution in [2.75, 3.05) is 0 Å². The Hall–Kier alpha value is -1.32. The lowest BCUT2D eigenvalue weighted by Gasteiger charge is -2.09. The van der Waals surface area contributed by atoms with Crippen LogP contribution in [-0.2, 0) is 0 Å². The largest absolute Gasteiger partial charge is 0.507 e. The molecule has 0 radical (unpaired) electrons. The normalized spacial score (nSPS) is 10.6. The summed E-state index contributed by atoms with van der Waals surface area (Å²) in [4.78, 5) is 0. The Morgan fingerprint density at radius 1 is 0.941 bits per heavy atom. The van der Waals surface area contributed by atoms with E-state index >= 15 is 0 Å². The van der Waals surface area contributed by atoms with Crippen LogP contribution in [0.3, 0.4) is 0 Å².